The molecule has 0 aliphatic heterocycles. The highest BCUT2D eigenvalue weighted by molar-refractivity contribution is 5.95. The van der Waals surface area contributed by atoms with Gasteiger partial charge in [0.1, 0.15) is 0 Å². The van der Waals surface area contributed by atoms with Gasteiger partial charge in [0, 0.05) is 64.5 Å². The third kappa shape index (κ3) is 12.6. The normalized spacial score (nSPS) is 11.4. The van der Waals surface area contributed by atoms with Gasteiger partial charge in [-0.3, -0.25) is 4.79 Å². The molecule has 0 saturated heterocycles. The smallest absolute Gasteiger partial charge is 0.195 e. The number of Topliss-reactive ketones (excluding diaryl/α,β-unsaturated/α-hetero) is 1. The van der Waals surface area contributed by atoms with Crippen LogP contribution >= 0.6 is 0 Å². The van der Waals surface area contributed by atoms with E-state index in [1.54, 1.807) is 21.6 Å². The van der Waals surface area contributed by atoms with Crippen molar-refractivity contribution in [2.75, 3.05) is 42.3 Å². The first-order valence-corrected chi connectivity index (χ1v) is 19.2. The summed E-state index contributed by atoms with van der Waals surface area (Å²) in [6, 6.07) is 48.0. The molecule has 10 nitrogen and oxygen atoms in total. The van der Waals surface area contributed by atoms with Crippen LogP contribution in [0.1, 0.15) is 28.4 Å². The zero-order valence-corrected chi connectivity index (χ0v) is 35.7. The van der Waals surface area contributed by atoms with E-state index in [1.165, 1.54) is 5.56 Å². The molecule has 6 rings (SSSR count). The number of ketones is 1. The first kappa shape index (κ1) is 44.5. The predicted octanol–water partition coefficient (Wildman–Crippen LogP) is 9.40. The summed E-state index contributed by atoms with van der Waals surface area (Å²) < 4.78 is 0. The van der Waals surface area contributed by atoms with Crippen molar-refractivity contribution in [3.05, 3.63) is 162 Å². The van der Waals surface area contributed by atoms with Gasteiger partial charge < -0.3 is 31.9 Å². The van der Waals surface area contributed by atoms with Gasteiger partial charge in [-0.15, -0.1) is 0 Å². The molecule has 59 heavy (non-hydrogen) atoms. The highest BCUT2D eigenvalue weighted by atomic mass is 16.1. The average molecular weight is 788 g/mol. The number of hydrogen-bond donors (Lipinski definition) is 3. The van der Waals surface area contributed by atoms with Crippen molar-refractivity contribution < 1.29 is 4.79 Å². The Hall–Kier alpha value is -7.20. The predicted molar refractivity (Wildman–Crippen MR) is 250 cm³/mol. The van der Waals surface area contributed by atoms with Gasteiger partial charge in [-0.2, -0.15) is 0 Å². The number of guanidine groups is 3. The summed E-state index contributed by atoms with van der Waals surface area (Å²) in [5.74, 6) is 1.52. The summed E-state index contributed by atoms with van der Waals surface area (Å²) in [6.07, 6.45) is 0. The molecule has 0 radical (unpaired) electrons. The maximum atomic E-state index is 11.3. The van der Waals surface area contributed by atoms with Crippen molar-refractivity contribution in [1.82, 2.24) is 14.7 Å². The molecule has 0 unspecified atom stereocenters. The number of nitrogens with zero attached hydrogens (tertiary/aromatic N) is 6. The maximum Gasteiger partial charge on any atom is 0.195 e. The Bertz CT molecular complexity index is 2380. The molecule has 10 heteroatoms. The third-order valence-electron chi connectivity index (χ3n) is 9.21. The lowest BCUT2D eigenvalue weighted by Crippen LogP contribution is -2.29. The van der Waals surface area contributed by atoms with Crippen LogP contribution in [0.2, 0.25) is 0 Å². The zero-order valence-electron chi connectivity index (χ0n) is 35.7. The van der Waals surface area contributed by atoms with Crippen molar-refractivity contribution >= 4 is 40.7 Å². The number of carbonyl (C=O) groups is 1. The number of para-hydroxylation sites is 2. The lowest BCUT2D eigenvalue weighted by molar-refractivity contribution is 0.101. The molecule has 6 aromatic rings. The van der Waals surface area contributed by atoms with Gasteiger partial charge in [0.15, 0.2) is 23.7 Å². The summed E-state index contributed by atoms with van der Waals surface area (Å²) in [6.45, 7) is 5.70. The maximum absolute atomic E-state index is 11.3. The second kappa shape index (κ2) is 21.4. The minimum atomic E-state index is 0.0599. The van der Waals surface area contributed by atoms with Crippen LogP contribution in [0.5, 0.6) is 0 Å². The highest BCUT2D eigenvalue weighted by Crippen LogP contribution is 2.35. The van der Waals surface area contributed by atoms with Gasteiger partial charge in [-0.25, -0.2) is 15.0 Å². The molecule has 0 aliphatic carbocycles. The Labute approximate surface area is 350 Å². The molecule has 0 saturated carbocycles. The molecular weight excluding hydrogens is 731 g/mol. The number of benzene rings is 6. The summed E-state index contributed by atoms with van der Waals surface area (Å²) in [4.78, 5) is 30.2. The van der Waals surface area contributed by atoms with E-state index >= 15 is 0 Å². The average Bonchev–Trinajstić information content (AvgIpc) is 3.23. The first-order valence-electron chi connectivity index (χ1n) is 19.2. The summed E-state index contributed by atoms with van der Waals surface area (Å²) in [7, 11) is 11.2. The molecule has 0 heterocycles. The quantitative estimate of drug-likeness (QED) is 0.0832. The van der Waals surface area contributed by atoms with E-state index in [0.717, 1.165) is 56.0 Å². The van der Waals surface area contributed by atoms with E-state index in [9.17, 15) is 4.79 Å². The van der Waals surface area contributed by atoms with E-state index in [4.69, 9.17) is 17.2 Å². The molecule has 0 amide bonds. The van der Waals surface area contributed by atoms with Crippen molar-refractivity contribution in [2.24, 2.45) is 32.2 Å². The molecule has 6 N–H and O–H groups in total. The minimum Gasteiger partial charge on any atom is -0.370 e. The number of carbonyl (C=O) groups excluding carboxylic acids is 1. The van der Waals surface area contributed by atoms with Gasteiger partial charge in [0.05, 0.1) is 17.1 Å². The Morgan fingerprint density at radius 1 is 0.441 bits per heavy atom. The number of rotatable bonds is 7. The number of nitrogens with two attached hydrogens (primary N) is 3. The van der Waals surface area contributed by atoms with Gasteiger partial charge in [0.25, 0.3) is 0 Å². The van der Waals surface area contributed by atoms with E-state index in [2.05, 4.69) is 58.3 Å². The minimum absolute atomic E-state index is 0.0599. The van der Waals surface area contributed by atoms with E-state index in [0.29, 0.717) is 23.4 Å². The van der Waals surface area contributed by atoms with E-state index < -0.39 is 0 Å². The molecule has 0 aliphatic rings. The van der Waals surface area contributed by atoms with Gasteiger partial charge in [-0.05, 0) is 60.7 Å². The Morgan fingerprint density at radius 3 is 1.42 bits per heavy atom. The van der Waals surface area contributed by atoms with Gasteiger partial charge in [0.2, 0.25) is 0 Å². The lowest BCUT2D eigenvalue weighted by Gasteiger charge is -2.14. The van der Waals surface area contributed by atoms with E-state index in [1.807, 2.05) is 158 Å². The van der Waals surface area contributed by atoms with Crippen molar-refractivity contribution in [3.8, 4) is 33.4 Å². The topological polar surface area (TPSA) is 142 Å². The molecular formula is C49H57N9O. The lowest BCUT2D eigenvalue weighted by atomic mass is 9.99. The fourth-order valence-electron chi connectivity index (χ4n) is 5.74. The van der Waals surface area contributed by atoms with Crippen molar-refractivity contribution in [1.29, 1.82) is 0 Å². The Kier molecular flexibility index (Phi) is 16.1. The fourth-order valence-corrected chi connectivity index (χ4v) is 5.74. The Balaban J connectivity index is 0.000000196. The fraction of sp³-hybridized carbons (Fsp3) is 0.184. The molecule has 0 spiro atoms. The zero-order chi connectivity index (χ0) is 43.1. The molecule has 0 atom stereocenters. The van der Waals surface area contributed by atoms with Gasteiger partial charge in [-0.1, -0.05) is 133 Å². The number of aliphatic imine (C=N–C) groups is 3. The SMILES string of the molecule is CC(=O)c1ccc(-c2ccccc2N=C(N)N(C)C)cc1.Cc1cccc(-c2ccccc2)c1N=C(N)N(C)C.Cc1cccc(N=C(N)N(C)C)c1-c1ccccc1. The molecule has 0 fully saturated rings. The molecule has 304 valence electrons. The molecule has 6 aromatic carbocycles. The monoisotopic (exact) mass is 787 g/mol. The second-order valence-corrected chi connectivity index (χ2v) is 14.4. The summed E-state index contributed by atoms with van der Waals surface area (Å²) >= 11 is 0. The summed E-state index contributed by atoms with van der Waals surface area (Å²) in [5.41, 5.74) is 29.9. The number of aryl methyl sites for hydroxylation is 2. The van der Waals surface area contributed by atoms with Crippen LogP contribution in [0, 0.1) is 13.8 Å². The largest absolute Gasteiger partial charge is 0.370 e. The highest BCUT2D eigenvalue weighted by Gasteiger charge is 2.10. The number of hydrogen-bond acceptors (Lipinski definition) is 4. The third-order valence-corrected chi connectivity index (χ3v) is 9.21. The standard InChI is InChI=1S/C17H19N3O.2C16H19N3/c1-12(21)13-8-10-14(11-9-13)15-6-4-5-7-16(15)19-17(18)20(2)3;1-12-8-7-11-14(18-16(17)19(2)3)15(12)13-9-5-4-6-10-13;1-12-8-7-11-14(13-9-5-4-6-10-13)15(12)18-16(17)19(2)3/h4-11H,1-3H3,(H2,18,19);2*4-11H,1-3H3,(H2,17,18). The van der Waals surface area contributed by atoms with Crippen LogP contribution in [0.4, 0.5) is 17.1 Å². The first-order chi connectivity index (χ1) is 28.2. The van der Waals surface area contributed by atoms with Crippen LogP contribution in [0.3, 0.4) is 0 Å². The Morgan fingerprint density at radius 2 is 0.864 bits per heavy atom. The van der Waals surface area contributed by atoms with Crippen LogP contribution in [0.25, 0.3) is 33.4 Å². The molecule has 0 aromatic heterocycles. The van der Waals surface area contributed by atoms with Crippen LogP contribution in [-0.4, -0.2) is 80.6 Å². The molecule has 0 bridgehead atoms. The van der Waals surface area contributed by atoms with Crippen LogP contribution in [-0.2, 0) is 0 Å². The van der Waals surface area contributed by atoms with Crippen molar-refractivity contribution in [3.63, 3.8) is 0 Å². The second-order valence-electron chi connectivity index (χ2n) is 14.4. The van der Waals surface area contributed by atoms with Crippen molar-refractivity contribution in [2.45, 2.75) is 20.8 Å². The van der Waals surface area contributed by atoms with E-state index in [-0.39, 0.29) is 5.78 Å². The summed E-state index contributed by atoms with van der Waals surface area (Å²) in [5, 5.41) is 0. The van der Waals surface area contributed by atoms with Crippen LogP contribution in [0.15, 0.2) is 161 Å². The van der Waals surface area contributed by atoms with Gasteiger partial charge >= 0.3 is 0 Å². The van der Waals surface area contributed by atoms with Crippen LogP contribution < -0.4 is 17.2 Å².